The summed E-state index contributed by atoms with van der Waals surface area (Å²) < 4.78 is 0. The van der Waals surface area contributed by atoms with Gasteiger partial charge in [0.1, 0.15) is 10.7 Å². The first-order valence-corrected chi connectivity index (χ1v) is 10.4. The summed E-state index contributed by atoms with van der Waals surface area (Å²) in [4.78, 5) is 74.6. The van der Waals surface area contributed by atoms with Gasteiger partial charge in [-0.2, -0.15) is 0 Å². The van der Waals surface area contributed by atoms with Gasteiger partial charge >= 0.3 is 0 Å². The molecule has 180 valence electrons. The molecule has 0 spiro atoms. The minimum atomic E-state index is -2.95. The van der Waals surface area contributed by atoms with Crippen LogP contribution in [0.25, 0.3) is 0 Å². The number of Topliss-reactive ketones (excluding diaryl/α,β-unsaturated/α-hetero) is 4. The second kappa shape index (κ2) is 7.04. The number of hydrogen-bond donors (Lipinski definition) is 5. The SMILES string of the molecule is C[C@@]1(O)c2c(c(O)c(N)c(Cl)c2[N+](=O)[O-])C(=O)C2C(=O)[C@]3(O)C(=O)C(C(N)=O)C(=O)C[C@@H]3C[C@@H]21. The third-order valence-electron chi connectivity index (χ3n) is 7.24. The van der Waals surface area contributed by atoms with Gasteiger partial charge in [-0.15, -0.1) is 0 Å². The summed E-state index contributed by atoms with van der Waals surface area (Å²) >= 11 is 5.94. The van der Waals surface area contributed by atoms with Gasteiger partial charge in [0.2, 0.25) is 5.91 Å². The van der Waals surface area contributed by atoms with E-state index in [9.17, 15) is 49.4 Å². The molecule has 6 atom stereocenters. The number of nitro groups is 1. The van der Waals surface area contributed by atoms with Crippen LogP contribution < -0.4 is 11.5 Å². The first-order valence-electron chi connectivity index (χ1n) is 9.98. The van der Waals surface area contributed by atoms with E-state index in [2.05, 4.69) is 0 Å². The van der Waals surface area contributed by atoms with Crippen molar-refractivity contribution in [2.24, 2.45) is 29.4 Å². The van der Waals surface area contributed by atoms with Crippen LogP contribution in [-0.2, 0) is 24.8 Å². The number of rotatable bonds is 2. The second-order valence-electron chi connectivity index (χ2n) is 8.96. The maximum atomic E-state index is 13.5. The number of nitrogen functional groups attached to an aromatic ring is 1. The predicted molar refractivity (Wildman–Crippen MR) is 110 cm³/mol. The van der Waals surface area contributed by atoms with E-state index in [0.29, 0.717) is 0 Å². The Bertz CT molecular complexity index is 1260. The molecule has 1 aromatic carbocycles. The first kappa shape index (κ1) is 23.7. The highest BCUT2D eigenvalue weighted by Gasteiger charge is 2.69. The van der Waals surface area contributed by atoms with E-state index in [4.69, 9.17) is 23.1 Å². The Balaban J connectivity index is 1.99. The first-order chi connectivity index (χ1) is 15.6. The number of halogens is 1. The summed E-state index contributed by atoms with van der Waals surface area (Å²) in [5.41, 5.74) is 2.18. The van der Waals surface area contributed by atoms with Crippen molar-refractivity contribution in [2.75, 3.05) is 5.73 Å². The molecule has 0 heterocycles. The Morgan fingerprint density at radius 3 is 2.32 bits per heavy atom. The molecule has 2 fully saturated rings. The minimum absolute atomic E-state index is 0.478. The average Bonchev–Trinajstić information content (AvgIpc) is 2.72. The van der Waals surface area contributed by atoms with Gasteiger partial charge in [-0.05, 0) is 13.3 Å². The molecule has 3 aliphatic rings. The number of aromatic hydroxyl groups is 1. The number of anilines is 1. The topological polar surface area (TPSA) is 241 Å². The van der Waals surface area contributed by atoms with Crippen LogP contribution in [0.3, 0.4) is 0 Å². The lowest BCUT2D eigenvalue weighted by atomic mass is 9.50. The largest absolute Gasteiger partial charge is 0.505 e. The highest BCUT2D eigenvalue weighted by atomic mass is 35.5. The molecular formula is C20H18ClN3O10. The molecule has 14 heteroatoms. The molecule has 34 heavy (non-hydrogen) atoms. The lowest BCUT2D eigenvalue weighted by Gasteiger charge is -2.52. The molecule has 1 amide bonds. The predicted octanol–water partition coefficient (Wildman–Crippen LogP) is -0.864. The van der Waals surface area contributed by atoms with Crippen LogP contribution in [0.1, 0.15) is 35.7 Å². The Kier molecular flexibility index (Phi) is 4.91. The molecule has 2 unspecified atom stereocenters. The second-order valence-corrected chi connectivity index (χ2v) is 9.34. The number of benzene rings is 1. The van der Waals surface area contributed by atoms with Gasteiger partial charge in [-0.1, -0.05) is 11.6 Å². The standard InChI is InChI=1S/C20H18ClN3O10/c1-19(31)5-2-4-3-6(25)8(18(23)30)17(29)20(4,32)16(28)7(5)14(26)9-10(19)13(24(33)34)11(21)12(22)15(9)27/h4-5,7-8,27,31-32H,2-3,22H2,1H3,(H2,23,30)/t4-,5-,7?,8?,19-,20-/m0/s1. The zero-order chi connectivity index (χ0) is 25.7. The summed E-state index contributed by atoms with van der Waals surface area (Å²) in [5, 5.41) is 44.1. The summed E-state index contributed by atoms with van der Waals surface area (Å²) in [5.74, 6) is -14.4. The monoisotopic (exact) mass is 495 g/mol. The van der Waals surface area contributed by atoms with Crippen molar-refractivity contribution in [1.29, 1.82) is 0 Å². The van der Waals surface area contributed by atoms with Gasteiger partial charge in [0.15, 0.2) is 40.4 Å². The van der Waals surface area contributed by atoms with Gasteiger partial charge in [0, 0.05) is 18.3 Å². The molecule has 0 aromatic heterocycles. The Morgan fingerprint density at radius 2 is 1.79 bits per heavy atom. The number of carbonyl (C=O) groups excluding carboxylic acids is 5. The van der Waals surface area contributed by atoms with Crippen LogP contribution in [0.5, 0.6) is 5.75 Å². The number of nitrogens with zero attached hydrogens (tertiary/aromatic N) is 1. The number of carbonyl (C=O) groups is 5. The van der Waals surface area contributed by atoms with Gasteiger partial charge in [-0.25, -0.2) is 0 Å². The molecule has 0 radical (unpaired) electrons. The lowest BCUT2D eigenvalue weighted by molar-refractivity contribution is -0.386. The number of phenolic OH excluding ortho intramolecular Hbond substituents is 1. The van der Waals surface area contributed by atoms with Gasteiger partial charge in [-0.3, -0.25) is 34.1 Å². The normalized spacial score (nSPS) is 34.8. The quantitative estimate of drug-likeness (QED) is 0.111. The number of nitrogens with two attached hydrogens (primary N) is 2. The van der Waals surface area contributed by atoms with E-state index < -0.39 is 115 Å². The zero-order valence-corrected chi connectivity index (χ0v) is 18.2. The highest BCUT2D eigenvalue weighted by molar-refractivity contribution is 6.37. The van der Waals surface area contributed by atoms with E-state index in [1.165, 1.54) is 0 Å². The van der Waals surface area contributed by atoms with Crippen LogP contribution in [0, 0.1) is 33.8 Å². The summed E-state index contributed by atoms with van der Waals surface area (Å²) in [6.07, 6.45) is -1.12. The molecule has 4 rings (SSSR count). The van der Waals surface area contributed by atoms with Crippen molar-refractivity contribution in [3.05, 3.63) is 26.3 Å². The van der Waals surface area contributed by atoms with Gasteiger partial charge in [0.05, 0.1) is 27.6 Å². The number of amides is 1. The van der Waals surface area contributed by atoms with Crippen LogP contribution in [-0.4, -0.2) is 54.9 Å². The third kappa shape index (κ3) is 2.65. The fourth-order valence-corrected chi connectivity index (χ4v) is 5.87. The van der Waals surface area contributed by atoms with Crippen LogP contribution in [0.4, 0.5) is 11.4 Å². The van der Waals surface area contributed by atoms with E-state index in [1.54, 1.807) is 0 Å². The van der Waals surface area contributed by atoms with E-state index in [-0.39, 0.29) is 0 Å². The number of primary amides is 1. The van der Waals surface area contributed by atoms with Crippen LogP contribution in [0.15, 0.2) is 0 Å². The molecule has 0 aliphatic heterocycles. The van der Waals surface area contributed by atoms with Crippen molar-refractivity contribution in [1.82, 2.24) is 0 Å². The lowest BCUT2D eigenvalue weighted by Crippen LogP contribution is -2.70. The van der Waals surface area contributed by atoms with Crippen LogP contribution in [0.2, 0.25) is 5.02 Å². The summed E-state index contributed by atoms with van der Waals surface area (Å²) in [6.45, 7) is 1.05. The third-order valence-corrected chi connectivity index (χ3v) is 7.63. The molecule has 0 bridgehead atoms. The van der Waals surface area contributed by atoms with E-state index >= 15 is 0 Å². The molecule has 7 N–H and O–H groups in total. The van der Waals surface area contributed by atoms with E-state index in [0.717, 1.165) is 6.92 Å². The van der Waals surface area contributed by atoms with Gasteiger partial charge < -0.3 is 26.8 Å². The number of fused-ring (bicyclic) bond motifs is 3. The summed E-state index contributed by atoms with van der Waals surface area (Å²) in [6, 6.07) is 0. The molecule has 0 saturated heterocycles. The maximum Gasteiger partial charge on any atom is 0.297 e. The fraction of sp³-hybridized carbons (Fsp3) is 0.450. The van der Waals surface area contributed by atoms with Crippen molar-refractivity contribution < 1.29 is 44.2 Å². The zero-order valence-electron chi connectivity index (χ0n) is 17.4. The van der Waals surface area contributed by atoms with E-state index in [1.807, 2.05) is 0 Å². The maximum absolute atomic E-state index is 13.5. The number of aliphatic hydroxyl groups is 2. The fourth-order valence-electron chi connectivity index (χ4n) is 5.62. The minimum Gasteiger partial charge on any atom is -0.505 e. The highest BCUT2D eigenvalue weighted by Crippen LogP contribution is 2.59. The number of ketones is 4. The van der Waals surface area contributed by atoms with Gasteiger partial charge in [0.25, 0.3) is 5.69 Å². The Hall–Kier alpha value is -3.42. The Labute approximate surface area is 194 Å². The molecule has 1 aromatic rings. The number of hydrogen-bond acceptors (Lipinski definition) is 11. The summed E-state index contributed by atoms with van der Waals surface area (Å²) in [7, 11) is 0. The van der Waals surface area contributed by atoms with Crippen molar-refractivity contribution in [3.63, 3.8) is 0 Å². The number of phenols is 1. The smallest absolute Gasteiger partial charge is 0.297 e. The molecular weight excluding hydrogens is 478 g/mol. The molecule has 13 nitrogen and oxygen atoms in total. The molecule has 3 aliphatic carbocycles. The molecule has 2 saturated carbocycles. The van der Waals surface area contributed by atoms with Crippen LogP contribution >= 0.6 is 11.6 Å². The van der Waals surface area contributed by atoms with Crippen molar-refractivity contribution in [3.8, 4) is 5.75 Å². The van der Waals surface area contributed by atoms with Crippen molar-refractivity contribution in [2.45, 2.75) is 31.0 Å². The Morgan fingerprint density at radius 1 is 1.21 bits per heavy atom. The number of nitro benzene ring substituents is 1. The average molecular weight is 496 g/mol. The van der Waals surface area contributed by atoms with Crippen molar-refractivity contribution >= 4 is 52.0 Å².